The number of aliphatic carboxylic acids is 1. The molecule has 2 N–H and O–H groups in total. The molecule has 7 nitrogen and oxygen atoms in total. The van der Waals surface area contributed by atoms with E-state index in [0.29, 0.717) is 25.7 Å². The summed E-state index contributed by atoms with van der Waals surface area (Å²) in [6, 6.07) is -0.683. The number of carboxylic acid groups (broad SMARTS) is 1. The molecule has 102 valence electrons. The average molecular weight is 278 g/mol. The van der Waals surface area contributed by atoms with Crippen molar-refractivity contribution in [1.82, 2.24) is 10.3 Å². The number of urea groups is 1. The largest absolute Gasteiger partial charge is 0.481 e. The van der Waals surface area contributed by atoms with E-state index < -0.39 is 12.0 Å². The van der Waals surface area contributed by atoms with Crippen LogP contribution in [0.2, 0.25) is 0 Å². The Balaban J connectivity index is 2.38. The summed E-state index contributed by atoms with van der Waals surface area (Å²) in [7, 11) is 0. The Morgan fingerprint density at radius 1 is 1.33 bits per heavy atom. The second-order valence-electron chi connectivity index (χ2n) is 4.23. The summed E-state index contributed by atoms with van der Waals surface area (Å²) in [4.78, 5) is 32.7. The van der Waals surface area contributed by atoms with Crippen molar-refractivity contribution in [2.45, 2.75) is 31.7 Å². The lowest BCUT2D eigenvalue weighted by Gasteiger charge is -2.27. The number of rotatable bonds is 5. The molecular weight excluding hydrogens is 262 g/mol. The normalized spacial score (nSPS) is 23.2. The van der Waals surface area contributed by atoms with Crippen molar-refractivity contribution >= 4 is 23.6 Å². The number of nitroso groups, excluding NO2 is 1. The third-order valence-electron chi connectivity index (χ3n) is 3.03. The molecule has 1 fully saturated rings. The van der Waals surface area contributed by atoms with Crippen LogP contribution in [0.4, 0.5) is 4.79 Å². The minimum atomic E-state index is -0.793. The molecule has 1 aliphatic carbocycles. The zero-order valence-corrected chi connectivity index (χ0v) is 10.6. The van der Waals surface area contributed by atoms with Crippen LogP contribution in [0.3, 0.4) is 0 Å². The first-order valence-corrected chi connectivity index (χ1v) is 6.32. The minimum Gasteiger partial charge on any atom is -0.481 e. The topological polar surface area (TPSA) is 99.1 Å². The lowest BCUT2D eigenvalue weighted by atomic mass is 9.86. The van der Waals surface area contributed by atoms with Crippen molar-refractivity contribution in [2.75, 3.05) is 12.4 Å². The van der Waals surface area contributed by atoms with Crippen molar-refractivity contribution in [3.8, 4) is 0 Å². The van der Waals surface area contributed by atoms with Gasteiger partial charge in [0.1, 0.15) is 0 Å². The molecule has 2 amide bonds. The predicted octanol–water partition coefficient (Wildman–Crippen LogP) is 1.56. The molecule has 0 aromatic rings. The van der Waals surface area contributed by atoms with Crippen molar-refractivity contribution < 1.29 is 14.7 Å². The maximum absolute atomic E-state index is 11.6. The molecule has 0 radical (unpaired) electrons. The highest BCUT2D eigenvalue weighted by Gasteiger charge is 2.27. The second kappa shape index (κ2) is 7.15. The van der Waals surface area contributed by atoms with Crippen LogP contribution in [-0.2, 0) is 4.79 Å². The van der Waals surface area contributed by atoms with E-state index in [-0.39, 0.29) is 24.4 Å². The SMILES string of the molecule is O=NN(CCCl)C(=O)NC1CCC(C(=O)O)CC1. The van der Waals surface area contributed by atoms with Crippen LogP contribution >= 0.6 is 11.6 Å². The molecular formula is C10H16ClN3O4. The number of carbonyl (C=O) groups excluding carboxylic acids is 1. The van der Waals surface area contributed by atoms with Gasteiger partial charge in [0.15, 0.2) is 0 Å². The van der Waals surface area contributed by atoms with Crippen LogP contribution < -0.4 is 5.32 Å². The van der Waals surface area contributed by atoms with E-state index >= 15 is 0 Å². The molecule has 0 aliphatic heterocycles. The summed E-state index contributed by atoms with van der Waals surface area (Å²) in [5.41, 5.74) is 0. The highest BCUT2D eigenvalue weighted by molar-refractivity contribution is 6.18. The van der Waals surface area contributed by atoms with E-state index in [2.05, 4.69) is 10.6 Å². The number of alkyl halides is 1. The molecule has 0 bridgehead atoms. The van der Waals surface area contributed by atoms with Gasteiger partial charge in [-0.05, 0) is 25.7 Å². The van der Waals surface area contributed by atoms with Crippen molar-refractivity contribution in [1.29, 1.82) is 0 Å². The molecule has 0 atom stereocenters. The zero-order valence-electron chi connectivity index (χ0n) is 9.84. The quantitative estimate of drug-likeness (QED) is 0.452. The number of carbonyl (C=O) groups is 2. The number of hydrogen-bond donors (Lipinski definition) is 2. The highest BCUT2D eigenvalue weighted by atomic mass is 35.5. The van der Waals surface area contributed by atoms with Crippen LogP contribution in [0.15, 0.2) is 5.29 Å². The molecule has 1 saturated carbocycles. The Morgan fingerprint density at radius 2 is 1.94 bits per heavy atom. The van der Waals surface area contributed by atoms with Crippen LogP contribution in [0.5, 0.6) is 0 Å². The van der Waals surface area contributed by atoms with Crippen molar-refractivity contribution in [2.24, 2.45) is 11.2 Å². The molecule has 0 aromatic carbocycles. The van der Waals surface area contributed by atoms with Gasteiger partial charge in [-0.15, -0.1) is 16.5 Å². The summed E-state index contributed by atoms with van der Waals surface area (Å²) in [6.07, 6.45) is 2.25. The summed E-state index contributed by atoms with van der Waals surface area (Å²) in [5, 5.41) is 14.8. The standard InChI is InChI=1S/C10H16ClN3O4/c11-5-6-14(13-18)10(17)12-8-3-1-7(2-4-8)9(15)16/h7-8H,1-6H2,(H,12,17)(H,15,16). The number of carboxylic acids is 1. The molecule has 8 heteroatoms. The smallest absolute Gasteiger partial charge is 0.340 e. The molecule has 0 spiro atoms. The van der Waals surface area contributed by atoms with Gasteiger partial charge in [-0.2, -0.15) is 5.01 Å². The Bertz CT molecular complexity index is 318. The maximum atomic E-state index is 11.6. The number of nitrogens with one attached hydrogen (secondary N) is 1. The van der Waals surface area contributed by atoms with Gasteiger partial charge in [-0.1, -0.05) is 0 Å². The lowest BCUT2D eigenvalue weighted by Crippen LogP contribution is -2.44. The third kappa shape index (κ3) is 4.14. The number of halogens is 1. The number of hydrogen-bond acceptors (Lipinski definition) is 4. The summed E-state index contributed by atoms with van der Waals surface area (Å²) >= 11 is 5.43. The molecule has 1 rings (SSSR count). The van der Waals surface area contributed by atoms with Gasteiger partial charge in [0.25, 0.3) is 0 Å². The van der Waals surface area contributed by atoms with Gasteiger partial charge in [0.05, 0.1) is 17.7 Å². The second-order valence-corrected chi connectivity index (χ2v) is 4.61. The third-order valence-corrected chi connectivity index (χ3v) is 3.20. The fourth-order valence-electron chi connectivity index (χ4n) is 1.99. The van der Waals surface area contributed by atoms with Crippen LogP contribution in [-0.4, -0.2) is 40.6 Å². The number of nitrogens with zero attached hydrogens (tertiary/aromatic N) is 2. The van der Waals surface area contributed by atoms with Gasteiger partial charge in [-0.25, -0.2) is 4.79 Å². The van der Waals surface area contributed by atoms with Gasteiger partial charge in [0.2, 0.25) is 0 Å². The molecule has 18 heavy (non-hydrogen) atoms. The molecule has 1 aliphatic rings. The molecule has 0 unspecified atom stereocenters. The Hall–Kier alpha value is -1.37. The lowest BCUT2D eigenvalue weighted by molar-refractivity contribution is -0.142. The summed E-state index contributed by atoms with van der Waals surface area (Å²) < 4.78 is 0. The molecule has 0 saturated heterocycles. The van der Waals surface area contributed by atoms with Gasteiger partial charge < -0.3 is 10.4 Å². The molecule has 0 aromatic heterocycles. The fraction of sp³-hybridized carbons (Fsp3) is 0.800. The zero-order chi connectivity index (χ0) is 13.5. The Labute approximate surface area is 109 Å². The average Bonchev–Trinajstić information content (AvgIpc) is 2.36. The van der Waals surface area contributed by atoms with Crippen molar-refractivity contribution in [3.05, 3.63) is 4.91 Å². The van der Waals surface area contributed by atoms with Gasteiger partial charge >= 0.3 is 12.0 Å². The van der Waals surface area contributed by atoms with Crippen LogP contribution in [0, 0.1) is 10.8 Å². The van der Waals surface area contributed by atoms with Crippen LogP contribution in [0.1, 0.15) is 25.7 Å². The highest BCUT2D eigenvalue weighted by Crippen LogP contribution is 2.24. The summed E-state index contributed by atoms with van der Waals surface area (Å²) in [5.74, 6) is -0.996. The Morgan fingerprint density at radius 3 is 2.39 bits per heavy atom. The Kier molecular flexibility index (Phi) is 5.84. The predicted molar refractivity (Wildman–Crippen MR) is 65.1 cm³/mol. The maximum Gasteiger partial charge on any atom is 0.340 e. The van der Waals surface area contributed by atoms with Gasteiger partial charge in [-0.3, -0.25) is 4.79 Å². The number of amides is 2. The van der Waals surface area contributed by atoms with E-state index in [4.69, 9.17) is 16.7 Å². The van der Waals surface area contributed by atoms with E-state index in [9.17, 15) is 14.5 Å². The van der Waals surface area contributed by atoms with E-state index in [1.54, 1.807) is 0 Å². The molecule has 0 heterocycles. The van der Waals surface area contributed by atoms with Gasteiger partial charge in [0, 0.05) is 11.9 Å². The van der Waals surface area contributed by atoms with E-state index in [1.165, 1.54) is 0 Å². The van der Waals surface area contributed by atoms with E-state index in [0.717, 1.165) is 5.01 Å². The monoisotopic (exact) mass is 277 g/mol. The van der Waals surface area contributed by atoms with E-state index in [1.807, 2.05) is 0 Å². The van der Waals surface area contributed by atoms with Crippen LogP contribution in [0.25, 0.3) is 0 Å². The summed E-state index contributed by atoms with van der Waals surface area (Å²) in [6.45, 7) is 0.0569. The first kappa shape index (κ1) is 14.7. The fourth-order valence-corrected chi connectivity index (χ4v) is 2.15. The minimum absolute atomic E-state index is 0.0569. The first-order chi connectivity index (χ1) is 8.58. The first-order valence-electron chi connectivity index (χ1n) is 5.78. The van der Waals surface area contributed by atoms with Crippen molar-refractivity contribution in [3.63, 3.8) is 0 Å².